The van der Waals surface area contributed by atoms with Crippen LogP contribution in [0.5, 0.6) is 0 Å². The summed E-state index contributed by atoms with van der Waals surface area (Å²) >= 11 is 0. The lowest BCUT2D eigenvalue weighted by Crippen LogP contribution is -2.30. The summed E-state index contributed by atoms with van der Waals surface area (Å²) in [6, 6.07) is 14.9. The normalized spacial score (nSPS) is 18.0. The number of carboxylic acids is 1. The second kappa shape index (κ2) is 12.6. The molecule has 1 aliphatic carbocycles. The topological polar surface area (TPSA) is 76.1 Å². The van der Waals surface area contributed by atoms with Crippen LogP contribution in [0.25, 0.3) is 0 Å². The van der Waals surface area contributed by atoms with Crippen molar-refractivity contribution in [1.29, 1.82) is 0 Å². The van der Waals surface area contributed by atoms with Crippen molar-refractivity contribution in [1.82, 2.24) is 0 Å². The molecule has 0 aromatic heterocycles. The highest BCUT2D eigenvalue weighted by Crippen LogP contribution is 2.31. The van der Waals surface area contributed by atoms with Gasteiger partial charge in [0, 0.05) is 0 Å². The van der Waals surface area contributed by atoms with Crippen LogP contribution in [0.15, 0.2) is 54.6 Å². The molecule has 8 heteroatoms. The number of para-hydroxylation sites is 1. The molecule has 0 radical (unpaired) electrons. The van der Waals surface area contributed by atoms with Gasteiger partial charge in [-0.15, -0.1) is 0 Å². The lowest BCUT2D eigenvalue weighted by atomic mass is 9.83. The van der Waals surface area contributed by atoms with Crippen molar-refractivity contribution in [3.8, 4) is 0 Å². The fourth-order valence-corrected chi connectivity index (χ4v) is 3.68. The third-order valence-corrected chi connectivity index (χ3v) is 5.25. The SMILES string of the molecule is O=C(O)COCC1CCC(COC(=O)N(c2ccccc2)c2cccc(F)c2)CC1.[MgH2]. The molecule has 0 unspecified atom stereocenters. The third kappa shape index (κ3) is 7.79. The molecule has 6 nitrogen and oxygen atoms in total. The van der Waals surface area contributed by atoms with Crippen LogP contribution in [0.1, 0.15) is 25.7 Å². The number of ether oxygens (including phenoxy) is 2. The summed E-state index contributed by atoms with van der Waals surface area (Å²) < 4.78 is 24.5. The quantitative estimate of drug-likeness (QED) is 0.624. The smallest absolute Gasteiger partial charge is 0.418 e. The van der Waals surface area contributed by atoms with Crippen molar-refractivity contribution < 1.29 is 28.6 Å². The van der Waals surface area contributed by atoms with Crippen LogP contribution < -0.4 is 4.90 Å². The Bertz CT molecular complexity index is 843. The molecule has 2 aromatic rings. The summed E-state index contributed by atoms with van der Waals surface area (Å²) in [7, 11) is 0. The Morgan fingerprint density at radius 2 is 1.55 bits per heavy atom. The number of carbonyl (C=O) groups excluding carboxylic acids is 1. The van der Waals surface area contributed by atoms with Crippen molar-refractivity contribution in [2.75, 3.05) is 24.7 Å². The lowest BCUT2D eigenvalue weighted by molar-refractivity contribution is -0.142. The largest absolute Gasteiger partial charge is 0.480 e. The molecule has 0 atom stereocenters. The molecule has 31 heavy (non-hydrogen) atoms. The number of amides is 1. The minimum atomic E-state index is -0.961. The molecule has 0 bridgehead atoms. The number of anilines is 2. The third-order valence-electron chi connectivity index (χ3n) is 5.25. The highest BCUT2D eigenvalue weighted by atomic mass is 24.3. The van der Waals surface area contributed by atoms with Crippen LogP contribution in [-0.4, -0.2) is 60.0 Å². The number of benzene rings is 2. The van der Waals surface area contributed by atoms with Gasteiger partial charge < -0.3 is 14.6 Å². The summed E-state index contributed by atoms with van der Waals surface area (Å²) in [5.41, 5.74) is 1.01. The number of rotatable bonds is 8. The van der Waals surface area contributed by atoms with Gasteiger partial charge in [0.1, 0.15) is 12.4 Å². The van der Waals surface area contributed by atoms with Gasteiger partial charge in [-0.05, 0) is 67.9 Å². The number of aliphatic carboxylic acids is 1. The van der Waals surface area contributed by atoms with Gasteiger partial charge in [-0.3, -0.25) is 0 Å². The van der Waals surface area contributed by atoms with E-state index in [4.69, 9.17) is 14.6 Å². The number of carboxylic acid groups (broad SMARTS) is 1. The van der Waals surface area contributed by atoms with Crippen LogP contribution >= 0.6 is 0 Å². The first-order chi connectivity index (χ1) is 14.5. The first-order valence-electron chi connectivity index (χ1n) is 10.1. The molecule has 0 spiro atoms. The molecule has 0 aliphatic heterocycles. The van der Waals surface area contributed by atoms with Gasteiger partial charge in [0.25, 0.3) is 0 Å². The molecule has 1 N–H and O–H groups in total. The van der Waals surface area contributed by atoms with E-state index in [0.29, 0.717) is 30.5 Å². The first-order valence-corrected chi connectivity index (χ1v) is 10.1. The second-order valence-electron chi connectivity index (χ2n) is 7.52. The molecular formula is C23H28FMgNO5. The van der Waals surface area contributed by atoms with Crippen molar-refractivity contribution >= 4 is 46.5 Å². The van der Waals surface area contributed by atoms with Gasteiger partial charge in [0.2, 0.25) is 0 Å². The van der Waals surface area contributed by atoms with Gasteiger partial charge in [-0.1, -0.05) is 24.3 Å². The molecule has 1 fully saturated rings. The molecule has 3 rings (SSSR count). The highest BCUT2D eigenvalue weighted by Gasteiger charge is 2.25. The molecule has 0 saturated heterocycles. The minimum Gasteiger partial charge on any atom is -0.480 e. The average molecular weight is 442 g/mol. The molecule has 1 aliphatic rings. The van der Waals surface area contributed by atoms with E-state index in [2.05, 4.69) is 0 Å². The van der Waals surface area contributed by atoms with Gasteiger partial charge in [0.05, 0.1) is 24.6 Å². The van der Waals surface area contributed by atoms with Gasteiger partial charge >= 0.3 is 35.1 Å². The van der Waals surface area contributed by atoms with Crippen LogP contribution in [0.3, 0.4) is 0 Å². The summed E-state index contributed by atoms with van der Waals surface area (Å²) in [6.07, 6.45) is 3.06. The van der Waals surface area contributed by atoms with Crippen molar-refractivity contribution in [3.05, 3.63) is 60.4 Å². The number of halogens is 1. The summed E-state index contributed by atoms with van der Waals surface area (Å²) in [5, 5.41) is 8.63. The fraction of sp³-hybridized carbons (Fsp3) is 0.391. The Hall–Kier alpha value is -2.16. The van der Waals surface area contributed by atoms with E-state index in [1.165, 1.54) is 17.0 Å². The number of hydrogen-bond acceptors (Lipinski definition) is 4. The maximum Gasteiger partial charge on any atom is 0.418 e. The maximum atomic E-state index is 13.7. The predicted octanol–water partition coefficient (Wildman–Crippen LogP) is 4.09. The Balaban J connectivity index is 0.00000341. The zero-order valence-corrected chi connectivity index (χ0v) is 16.7. The fourth-order valence-electron chi connectivity index (χ4n) is 3.68. The first kappa shape index (κ1) is 25.1. The Morgan fingerprint density at radius 3 is 2.16 bits per heavy atom. The number of carbonyl (C=O) groups is 2. The summed E-state index contributed by atoms with van der Waals surface area (Å²) in [4.78, 5) is 24.8. The summed E-state index contributed by atoms with van der Waals surface area (Å²) in [6.45, 7) is 0.466. The van der Waals surface area contributed by atoms with E-state index in [-0.39, 0.29) is 35.6 Å². The Labute approximate surface area is 197 Å². The molecule has 1 saturated carbocycles. The van der Waals surface area contributed by atoms with E-state index in [9.17, 15) is 14.0 Å². The Kier molecular flexibility index (Phi) is 10.2. The summed E-state index contributed by atoms with van der Waals surface area (Å²) in [5.74, 6) is -0.805. The van der Waals surface area contributed by atoms with E-state index >= 15 is 0 Å². The van der Waals surface area contributed by atoms with E-state index in [1.807, 2.05) is 18.2 Å². The number of nitrogens with zero attached hydrogens (tertiary/aromatic N) is 1. The number of hydrogen-bond donors (Lipinski definition) is 1. The van der Waals surface area contributed by atoms with Crippen molar-refractivity contribution in [2.45, 2.75) is 25.7 Å². The van der Waals surface area contributed by atoms with Crippen LogP contribution in [0, 0.1) is 17.7 Å². The molecule has 164 valence electrons. The van der Waals surface area contributed by atoms with Crippen molar-refractivity contribution in [2.24, 2.45) is 11.8 Å². The molecule has 2 aromatic carbocycles. The monoisotopic (exact) mass is 441 g/mol. The zero-order valence-electron chi connectivity index (χ0n) is 16.7. The maximum absolute atomic E-state index is 13.7. The minimum absolute atomic E-state index is 0. The van der Waals surface area contributed by atoms with E-state index < -0.39 is 17.9 Å². The van der Waals surface area contributed by atoms with Gasteiger partial charge in [-0.25, -0.2) is 18.9 Å². The predicted molar refractivity (Wildman–Crippen MR) is 119 cm³/mol. The Morgan fingerprint density at radius 1 is 0.935 bits per heavy atom. The average Bonchev–Trinajstić information content (AvgIpc) is 2.74. The molecule has 1 amide bonds. The zero-order chi connectivity index (χ0) is 21.3. The van der Waals surface area contributed by atoms with E-state index in [0.717, 1.165) is 25.7 Å². The van der Waals surface area contributed by atoms with Crippen LogP contribution in [0.4, 0.5) is 20.6 Å². The van der Waals surface area contributed by atoms with Gasteiger partial charge in [0.15, 0.2) is 0 Å². The molecule has 0 heterocycles. The lowest BCUT2D eigenvalue weighted by Gasteiger charge is -2.29. The van der Waals surface area contributed by atoms with Gasteiger partial charge in [-0.2, -0.15) is 0 Å². The van der Waals surface area contributed by atoms with Crippen molar-refractivity contribution in [3.63, 3.8) is 0 Å². The highest BCUT2D eigenvalue weighted by molar-refractivity contribution is 5.95. The standard InChI is InChI=1S/C23H26FNO5.Mg.2H/c24-19-5-4-8-21(13-19)25(20-6-2-1-3-7-20)23(28)30-15-18-11-9-17(10-12-18)14-29-16-22(26)27;;;/h1-8,13,17-18H,9-12,14-16H2,(H,26,27);;;. The van der Waals surface area contributed by atoms with Crippen LogP contribution in [0.2, 0.25) is 0 Å². The van der Waals surface area contributed by atoms with E-state index in [1.54, 1.807) is 24.3 Å². The second-order valence-corrected chi connectivity index (χ2v) is 7.52. The van der Waals surface area contributed by atoms with Crippen LogP contribution in [-0.2, 0) is 14.3 Å². The molecular weight excluding hydrogens is 414 g/mol.